The number of carbonyl (C=O) groups excluding carboxylic acids is 2. The van der Waals surface area contributed by atoms with Crippen molar-refractivity contribution in [1.29, 1.82) is 0 Å². The van der Waals surface area contributed by atoms with Crippen molar-refractivity contribution < 1.29 is 14.3 Å². The second-order valence-corrected chi connectivity index (χ2v) is 3.60. The number of benzene rings is 1. The highest BCUT2D eigenvalue weighted by Gasteiger charge is 2.33. The summed E-state index contributed by atoms with van der Waals surface area (Å²) in [7, 11) is 0. The Morgan fingerprint density at radius 3 is 2.57 bits per heavy atom. The van der Waals surface area contributed by atoms with Gasteiger partial charge in [-0.1, -0.05) is 11.6 Å². The maximum Gasteiger partial charge on any atom is 0.385 e. The summed E-state index contributed by atoms with van der Waals surface area (Å²) in [5.41, 5.74) is 1.70. The fourth-order valence-electron chi connectivity index (χ4n) is 1.53. The van der Waals surface area contributed by atoms with E-state index in [9.17, 15) is 9.59 Å². The lowest BCUT2D eigenvalue weighted by atomic mass is 10.0. The van der Waals surface area contributed by atoms with Crippen LogP contribution in [-0.4, -0.2) is 11.8 Å². The van der Waals surface area contributed by atoms with E-state index >= 15 is 0 Å². The Balaban J connectivity index is 2.77. The van der Waals surface area contributed by atoms with Gasteiger partial charge in [-0.25, -0.2) is 4.79 Å². The molecule has 14 heavy (non-hydrogen) atoms. The summed E-state index contributed by atoms with van der Waals surface area (Å²) >= 11 is 5.96. The first-order chi connectivity index (χ1) is 6.52. The van der Waals surface area contributed by atoms with Gasteiger partial charge in [0, 0.05) is 5.02 Å². The van der Waals surface area contributed by atoms with Crippen molar-refractivity contribution in [2.24, 2.45) is 0 Å². The number of ether oxygens (including phenoxy) is 1. The number of halogens is 1. The molecular weight excluding hydrogens is 204 g/mol. The van der Waals surface area contributed by atoms with Gasteiger partial charge in [0.15, 0.2) is 0 Å². The van der Waals surface area contributed by atoms with Gasteiger partial charge in [0.05, 0.1) is 5.56 Å². The molecule has 1 heterocycles. The molecule has 0 aromatic heterocycles. The topological polar surface area (TPSA) is 43.4 Å². The van der Waals surface area contributed by atoms with Gasteiger partial charge in [-0.15, -0.1) is 0 Å². The molecule has 1 aromatic rings. The first-order valence-electron chi connectivity index (χ1n) is 4.08. The Morgan fingerprint density at radius 2 is 1.93 bits per heavy atom. The Hall–Kier alpha value is -1.35. The zero-order valence-electron chi connectivity index (χ0n) is 7.68. The van der Waals surface area contributed by atoms with Crippen LogP contribution in [0.15, 0.2) is 6.07 Å². The molecule has 0 N–H and O–H groups in total. The average molecular weight is 211 g/mol. The monoisotopic (exact) mass is 210 g/mol. The molecule has 4 heteroatoms. The number of fused-ring (bicyclic) bond motifs is 1. The predicted octanol–water partition coefficient (Wildman–Crippen LogP) is 2.06. The van der Waals surface area contributed by atoms with Gasteiger partial charge in [0.2, 0.25) is 0 Å². The highest BCUT2D eigenvalue weighted by molar-refractivity contribution is 6.45. The van der Waals surface area contributed by atoms with Crippen molar-refractivity contribution in [2.75, 3.05) is 0 Å². The SMILES string of the molecule is Cc1cc2c(c(C)c1Cl)C(=O)C(=O)O2. The van der Waals surface area contributed by atoms with E-state index in [1.807, 2.05) is 0 Å². The predicted molar refractivity (Wildman–Crippen MR) is 50.9 cm³/mol. The van der Waals surface area contributed by atoms with Crippen LogP contribution in [0.3, 0.4) is 0 Å². The number of hydrogen-bond donors (Lipinski definition) is 0. The lowest BCUT2D eigenvalue weighted by Gasteiger charge is -2.05. The fourth-order valence-corrected chi connectivity index (χ4v) is 1.68. The van der Waals surface area contributed by atoms with Gasteiger partial charge in [-0.2, -0.15) is 0 Å². The molecule has 0 spiro atoms. The zero-order chi connectivity index (χ0) is 10.5. The molecule has 1 aliphatic heterocycles. The summed E-state index contributed by atoms with van der Waals surface area (Å²) in [5, 5.41) is 0.510. The highest BCUT2D eigenvalue weighted by Crippen LogP contribution is 2.35. The lowest BCUT2D eigenvalue weighted by molar-refractivity contribution is -0.128. The van der Waals surface area contributed by atoms with Crippen LogP contribution >= 0.6 is 11.6 Å². The minimum Gasteiger partial charge on any atom is -0.420 e. The Morgan fingerprint density at radius 1 is 1.29 bits per heavy atom. The van der Waals surface area contributed by atoms with Gasteiger partial charge in [-0.3, -0.25) is 4.79 Å². The zero-order valence-corrected chi connectivity index (χ0v) is 8.44. The molecule has 3 nitrogen and oxygen atoms in total. The fraction of sp³-hybridized carbons (Fsp3) is 0.200. The second-order valence-electron chi connectivity index (χ2n) is 3.22. The van der Waals surface area contributed by atoms with E-state index in [0.29, 0.717) is 21.9 Å². The molecule has 0 atom stereocenters. The van der Waals surface area contributed by atoms with Crippen molar-refractivity contribution in [3.63, 3.8) is 0 Å². The van der Waals surface area contributed by atoms with E-state index in [2.05, 4.69) is 0 Å². The first kappa shape index (κ1) is 9.21. The molecule has 72 valence electrons. The van der Waals surface area contributed by atoms with Gasteiger partial charge < -0.3 is 4.74 Å². The minimum atomic E-state index is -0.829. The molecule has 0 bridgehead atoms. The molecule has 0 saturated heterocycles. The summed E-state index contributed by atoms with van der Waals surface area (Å²) in [6.07, 6.45) is 0. The number of Topliss-reactive ketones (excluding diaryl/α,β-unsaturated/α-hetero) is 1. The van der Waals surface area contributed by atoms with Crippen LogP contribution in [0, 0.1) is 13.8 Å². The third-order valence-electron chi connectivity index (χ3n) is 2.26. The number of hydrogen-bond acceptors (Lipinski definition) is 3. The standard InChI is InChI=1S/C10H7ClO3/c1-4-3-6-7(5(2)8(4)11)9(12)10(13)14-6/h3H,1-2H3. The molecule has 0 amide bonds. The Labute approximate surface area is 85.6 Å². The summed E-state index contributed by atoms with van der Waals surface area (Å²) in [4.78, 5) is 22.3. The third kappa shape index (κ3) is 1.06. The molecular formula is C10H7ClO3. The molecule has 1 aromatic carbocycles. The molecule has 1 aliphatic rings. The first-order valence-corrected chi connectivity index (χ1v) is 4.46. The van der Waals surface area contributed by atoms with Crippen LogP contribution in [0.2, 0.25) is 5.02 Å². The maximum absolute atomic E-state index is 11.3. The van der Waals surface area contributed by atoms with Crippen molar-refractivity contribution in [1.82, 2.24) is 0 Å². The smallest absolute Gasteiger partial charge is 0.385 e. The van der Waals surface area contributed by atoms with E-state index < -0.39 is 11.8 Å². The van der Waals surface area contributed by atoms with Crippen LogP contribution in [0.25, 0.3) is 0 Å². The second kappa shape index (κ2) is 2.82. The summed E-state index contributed by atoms with van der Waals surface area (Å²) < 4.78 is 4.79. The van der Waals surface area contributed by atoms with Crippen LogP contribution in [0.5, 0.6) is 5.75 Å². The largest absolute Gasteiger partial charge is 0.420 e. The lowest BCUT2D eigenvalue weighted by Crippen LogP contribution is -2.11. The molecule has 2 rings (SSSR count). The molecule has 0 aliphatic carbocycles. The van der Waals surface area contributed by atoms with E-state index in [4.69, 9.17) is 16.3 Å². The van der Waals surface area contributed by atoms with Crippen LogP contribution in [0.1, 0.15) is 21.5 Å². The Kier molecular flexibility index (Phi) is 1.86. The molecule has 0 saturated carbocycles. The molecule has 0 unspecified atom stereocenters. The normalized spacial score (nSPS) is 14.2. The molecule has 0 radical (unpaired) electrons. The van der Waals surface area contributed by atoms with Gasteiger partial charge >= 0.3 is 5.97 Å². The number of rotatable bonds is 0. The van der Waals surface area contributed by atoms with Crippen LogP contribution in [-0.2, 0) is 4.79 Å². The minimum absolute atomic E-state index is 0.297. The van der Waals surface area contributed by atoms with Gasteiger partial charge in [0.25, 0.3) is 5.78 Å². The van der Waals surface area contributed by atoms with E-state index in [1.165, 1.54) is 0 Å². The quantitative estimate of drug-likeness (QED) is 0.374. The number of aryl methyl sites for hydroxylation is 1. The summed E-state index contributed by atoms with van der Waals surface area (Å²) in [6.45, 7) is 3.50. The highest BCUT2D eigenvalue weighted by atomic mass is 35.5. The van der Waals surface area contributed by atoms with Crippen molar-refractivity contribution in [2.45, 2.75) is 13.8 Å². The molecule has 0 fully saturated rings. The van der Waals surface area contributed by atoms with Crippen LogP contribution in [0.4, 0.5) is 0 Å². The van der Waals surface area contributed by atoms with E-state index in [-0.39, 0.29) is 0 Å². The number of carbonyl (C=O) groups is 2. The van der Waals surface area contributed by atoms with E-state index in [0.717, 1.165) is 5.56 Å². The Bertz CT molecular complexity index is 463. The van der Waals surface area contributed by atoms with E-state index in [1.54, 1.807) is 19.9 Å². The van der Waals surface area contributed by atoms with Gasteiger partial charge in [0.1, 0.15) is 5.75 Å². The maximum atomic E-state index is 11.3. The van der Waals surface area contributed by atoms with Crippen LogP contribution < -0.4 is 4.74 Å². The summed E-state index contributed by atoms with van der Waals surface area (Å²) in [5.74, 6) is -1.12. The van der Waals surface area contributed by atoms with Crippen molar-refractivity contribution in [3.05, 3.63) is 27.8 Å². The number of ketones is 1. The van der Waals surface area contributed by atoms with Crippen molar-refractivity contribution >= 4 is 23.4 Å². The van der Waals surface area contributed by atoms with Gasteiger partial charge in [-0.05, 0) is 31.0 Å². The average Bonchev–Trinajstić information content (AvgIpc) is 2.39. The third-order valence-corrected chi connectivity index (χ3v) is 2.84. The number of esters is 1. The summed E-state index contributed by atoms with van der Waals surface area (Å²) in [6, 6.07) is 1.60. The van der Waals surface area contributed by atoms with Crippen molar-refractivity contribution in [3.8, 4) is 5.75 Å².